The molecule has 0 spiro atoms. The summed E-state index contributed by atoms with van der Waals surface area (Å²) in [5, 5.41) is 6.23. The average molecular weight is 373 g/mol. The molecule has 134 valence electrons. The number of fused-ring (bicyclic) bond motifs is 1. The number of hydrogen-bond donors (Lipinski definition) is 2. The van der Waals surface area contributed by atoms with Crippen LogP contribution in [0.1, 0.15) is 18.4 Å². The van der Waals surface area contributed by atoms with Gasteiger partial charge in [0.15, 0.2) is 11.5 Å². The minimum atomic E-state index is -0.990. The van der Waals surface area contributed by atoms with Crippen LogP contribution in [0.2, 0.25) is 5.02 Å². The normalized spacial score (nSPS) is 16.0. The van der Waals surface area contributed by atoms with Gasteiger partial charge in [-0.15, -0.1) is 0 Å². The first-order valence-electron chi connectivity index (χ1n) is 8.31. The molecule has 2 N–H and O–H groups in total. The van der Waals surface area contributed by atoms with Gasteiger partial charge in [-0.2, -0.15) is 0 Å². The highest BCUT2D eigenvalue weighted by atomic mass is 35.5. The number of benzene rings is 2. The van der Waals surface area contributed by atoms with E-state index in [1.54, 1.807) is 24.3 Å². The highest BCUT2D eigenvalue weighted by Crippen LogP contribution is 2.47. The average Bonchev–Trinajstić information content (AvgIpc) is 3.33. The van der Waals surface area contributed by atoms with E-state index in [9.17, 15) is 9.59 Å². The fourth-order valence-electron chi connectivity index (χ4n) is 2.87. The number of amides is 2. The summed E-state index contributed by atoms with van der Waals surface area (Å²) >= 11 is 5.84. The van der Waals surface area contributed by atoms with E-state index in [-0.39, 0.29) is 18.6 Å². The summed E-state index contributed by atoms with van der Waals surface area (Å²) in [4.78, 5) is 25.1. The van der Waals surface area contributed by atoms with Crippen LogP contribution in [0.5, 0.6) is 11.5 Å². The maximum Gasteiger partial charge on any atom is 0.240 e. The number of hydrogen-bond acceptors (Lipinski definition) is 4. The molecule has 0 radical (unpaired) electrons. The Hall–Kier alpha value is -2.73. The Morgan fingerprint density at radius 2 is 1.73 bits per heavy atom. The van der Waals surface area contributed by atoms with Gasteiger partial charge in [0.05, 0.1) is 0 Å². The molecular weight excluding hydrogens is 356 g/mol. The van der Waals surface area contributed by atoms with Gasteiger partial charge in [0, 0.05) is 17.3 Å². The highest BCUT2D eigenvalue weighted by Gasteiger charge is 2.56. The van der Waals surface area contributed by atoms with Gasteiger partial charge in [-0.3, -0.25) is 9.59 Å². The van der Waals surface area contributed by atoms with Crippen molar-refractivity contribution in [1.82, 2.24) is 5.32 Å². The smallest absolute Gasteiger partial charge is 0.240 e. The zero-order valence-electron chi connectivity index (χ0n) is 13.9. The van der Waals surface area contributed by atoms with E-state index in [2.05, 4.69) is 10.6 Å². The monoisotopic (exact) mass is 372 g/mol. The molecule has 0 unspecified atom stereocenters. The molecule has 4 rings (SSSR count). The fraction of sp³-hybridized carbons (Fsp3) is 0.263. The third-order valence-electron chi connectivity index (χ3n) is 4.61. The van der Waals surface area contributed by atoms with Crippen molar-refractivity contribution in [1.29, 1.82) is 0 Å². The summed E-state index contributed by atoms with van der Waals surface area (Å²) in [7, 11) is 0. The molecule has 1 aliphatic heterocycles. The van der Waals surface area contributed by atoms with Crippen molar-refractivity contribution in [2.75, 3.05) is 12.1 Å². The zero-order valence-corrected chi connectivity index (χ0v) is 14.6. The molecule has 1 fully saturated rings. The molecule has 0 aromatic heterocycles. The molecule has 6 nitrogen and oxygen atoms in total. The second-order valence-electron chi connectivity index (χ2n) is 6.41. The van der Waals surface area contributed by atoms with E-state index in [4.69, 9.17) is 21.1 Å². The summed E-state index contributed by atoms with van der Waals surface area (Å²) in [6.45, 7) is 0.532. The lowest BCUT2D eigenvalue weighted by atomic mass is 10.0. The molecule has 0 saturated heterocycles. The van der Waals surface area contributed by atoms with Gasteiger partial charge in [-0.25, -0.2) is 0 Å². The van der Waals surface area contributed by atoms with Gasteiger partial charge >= 0.3 is 0 Å². The van der Waals surface area contributed by atoms with Gasteiger partial charge in [0.25, 0.3) is 0 Å². The van der Waals surface area contributed by atoms with Crippen molar-refractivity contribution in [3.8, 4) is 11.5 Å². The number of nitrogens with one attached hydrogen (secondary N) is 2. The fourth-order valence-corrected chi connectivity index (χ4v) is 2.99. The van der Waals surface area contributed by atoms with Crippen LogP contribution in [0, 0.1) is 5.41 Å². The van der Waals surface area contributed by atoms with E-state index < -0.39 is 5.41 Å². The number of carbonyl (C=O) groups is 2. The lowest BCUT2D eigenvalue weighted by molar-refractivity contribution is -0.134. The van der Waals surface area contributed by atoms with Crippen molar-refractivity contribution in [2.24, 2.45) is 5.41 Å². The van der Waals surface area contributed by atoms with Crippen LogP contribution in [0.4, 0.5) is 5.69 Å². The molecule has 2 aromatic carbocycles. The minimum Gasteiger partial charge on any atom is -0.454 e. The quantitative estimate of drug-likeness (QED) is 0.791. The highest BCUT2D eigenvalue weighted by molar-refractivity contribution is 6.30. The predicted molar refractivity (Wildman–Crippen MR) is 96.2 cm³/mol. The third-order valence-corrected chi connectivity index (χ3v) is 4.86. The molecule has 0 atom stereocenters. The molecule has 1 aliphatic carbocycles. The minimum absolute atomic E-state index is 0.207. The van der Waals surface area contributed by atoms with E-state index in [0.717, 1.165) is 5.56 Å². The van der Waals surface area contributed by atoms with Crippen LogP contribution in [0.3, 0.4) is 0 Å². The first-order valence-corrected chi connectivity index (χ1v) is 8.68. The van der Waals surface area contributed by atoms with Crippen molar-refractivity contribution < 1.29 is 19.1 Å². The summed E-state index contributed by atoms with van der Waals surface area (Å²) in [5.74, 6) is 0.809. The number of carbonyl (C=O) groups excluding carboxylic acids is 2. The van der Waals surface area contributed by atoms with E-state index in [0.29, 0.717) is 41.6 Å². The lowest BCUT2D eigenvalue weighted by Gasteiger charge is -2.15. The molecule has 2 aromatic rings. The first-order chi connectivity index (χ1) is 12.6. The van der Waals surface area contributed by atoms with E-state index in [1.807, 2.05) is 18.2 Å². The van der Waals surface area contributed by atoms with Crippen molar-refractivity contribution in [3.05, 3.63) is 53.1 Å². The topological polar surface area (TPSA) is 76.7 Å². The molecule has 1 saturated carbocycles. The Balaban J connectivity index is 1.37. The van der Waals surface area contributed by atoms with Gasteiger partial charge in [-0.1, -0.05) is 17.7 Å². The van der Waals surface area contributed by atoms with Gasteiger partial charge in [0.2, 0.25) is 18.6 Å². The Labute approximate surface area is 155 Å². The first kappa shape index (κ1) is 16.7. The van der Waals surface area contributed by atoms with Crippen LogP contribution >= 0.6 is 11.6 Å². The third kappa shape index (κ3) is 3.20. The van der Waals surface area contributed by atoms with Crippen LogP contribution < -0.4 is 20.1 Å². The van der Waals surface area contributed by atoms with Gasteiger partial charge < -0.3 is 20.1 Å². The number of ether oxygens (including phenoxy) is 2. The summed E-state index contributed by atoms with van der Waals surface area (Å²) in [6, 6.07) is 12.3. The second-order valence-corrected chi connectivity index (χ2v) is 6.85. The van der Waals surface area contributed by atoms with E-state index >= 15 is 0 Å². The van der Waals surface area contributed by atoms with Crippen molar-refractivity contribution in [3.63, 3.8) is 0 Å². The summed E-state index contributed by atoms with van der Waals surface area (Å²) in [6.07, 6.45) is 1.08. The van der Waals surface area contributed by atoms with Crippen LogP contribution in [0.25, 0.3) is 0 Å². The Kier molecular flexibility index (Phi) is 4.20. The molecule has 1 heterocycles. The molecular formula is C19H17ClN2O4. The molecule has 7 heteroatoms. The van der Waals surface area contributed by atoms with E-state index in [1.165, 1.54) is 0 Å². The summed E-state index contributed by atoms with van der Waals surface area (Å²) in [5.41, 5.74) is 0.515. The van der Waals surface area contributed by atoms with Crippen LogP contribution in [-0.4, -0.2) is 18.6 Å². The SMILES string of the molecule is O=C(NCc1ccc2c(c1)OCO2)C1(C(=O)Nc2ccc(Cl)cc2)CC1. The van der Waals surface area contributed by atoms with Crippen molar-refractivity contribution >= 4 is 29.1 Å². The van der Waals surface area contributed by atoms with Gasteiger partial charge in [0.1, 0.15) is 5.41 Å². The zero-order chi connectivity index (χ0) is 18.1. The maximum atomic E-state index is 12.6. The predicted octanol–water partition coefficient (Wildman–Crippen LogP) is 3.10. The van der Waals surface area contributed by atoms with Crippen LogP contribution in [-0.2, 0) is 16.1 Å². The molecule has 26 heavy (non-hydrogen) atoms. The number of halogens is 1. The molecule has 0 bridgehead atoms. The maximum absolute atomic E-state index is 12.6. The standard InChI is InChI=1S/C19H17ClN2O4/c20-13-2-4-14(5-3-13)22-18(24)19(7-8-19)17(23)21-10-12-1-6-15-16(9-12)26-11-25-15/h1-6,9H,7-8,10-11H2,(H,21,23)(H,22,24). The number of rotatable bonds is 5. The van der Waals surface area contributed by atoms with Gasteiger partial charge in [-0.05, 0) is 54.8 Å². The second kappa shape index (κ2) is 6.53. The largest absolute Gasteiger partial charge is 0.454 e. The van der Waals surface area contributed by atoms with Crippen molar-refractivity contribution in [2.45, 2.75) is 19.4 Å². The Morgan fingerprint density at radius 1 is 1.00 bits per heavy atom. The lowest BCUT2D eigenvalue weighted by Crippen LogP contribution is -2.39. The molecule has 2 aliphatic rings. The van der Waals surface area contributed by atoms with Crippen LogP contribution in [0.15, 0.2) is 42.5 Å². The Bertz CT molecular complexity index is 862. The number of anilines is 1. The summed E-state index contributed by atoms with van der Waals surface area (Å²) < 4.78 is 10.6. The molecule has 2 amide bonds. The Morgan fingerprint density at radius 3 is 2.46 bits per heavy atom.